The van der Waals surface area contributed by atoms with Crippen LogP contribution < -0.4 is 5.32 Å². The van der Waals surface area contributed by atoms with Crippen molar-refractivity contribution in [2.24, 2.45) is 0 Å². The van der Waals surface area contributed by atoms with Crippen LogP contribution in [0.3, 0.4) is 0 Å². The minimum absolute atomic E-state index is 0.0345. The van der Waals surface area contributed by atoms with E-state index in [1.54, 1.807) is 12.0 Å². The molecule has 1 unspecified atom stereocenters. The summed E-state index contributed by atoms with van der Waals surface area (Å²) >= 11 is 1.42. The van der Waals surface area contributed by atoms with Gasteiger partial charge in [-0.15, -0.1) is 11.3 Å². The number of hydrogen-bond acceptors (Lipinski definition) is 5. The Hall–Kier alpha value is -1.44. The number of carbonyl (C=O) groups is 2. The fourth-order valence-electron chi connectivity index (χ4n) is 2.74. The number of rotatable bonds is 9. The lowest BCUT2D eigenvalue weighted by Gasteiger charge is -2.34. The zero-order valence-electron chi connectivity index (χ0n) is 14.2. The third kappa shape index (κ3) is 5.58. The van der Waals surface area contributed by atoms with Gasteiger partial charge in [0, 0.05) is 26.8 Å². The highest BCUT2D eigenvalue weighted by Crippen LogP contribution is 2.21. The summed E-state index contributed by atoms with van der Waals surface area (Å²) in [5.41, 5.74) is 0. The zero-order valence-corrected chi connectivity index (χ0v) is 15.0. The molecular weight excluding hydrogens is 328 g/mol. The first-order valence-electron chi connectivity index (χ1n) is 8.43. The molecule has 2 heterocycles. The van der Waals surface area contributed by atoms with Crippen LogP contribution >= 0.6 is 11.3 Å². The van der Waals surface area contributed by atoms with E-state index in [9.17, 15) is 9.59 Å². The maximum absolute atomic E-state index is 12.6. The Balaban J connectivity index is 1.77. The molecule has 0 bridgehead atoms. The molecule has 1 aliphatic heterocycles. The van der Waals surface area contributed by atoms with Gasteiger partial charge in [0.05, 0.1) is 18.1 Å². The maximum atomic E-state index is 12.6. The van der Waals surface area contributed by atoms with E-state index in [1.165, 1.54) is 11.3 Å². The Morgan fingerprint density at radius 2 is 2.21 bits per heavy atom. The Bertz CT molecular complexity index is 507. The smallest absolute Gasteiger partial charge is 0.264 e. The highest BCUT2D eigenvalue weighted by Gasteiger charge is 2.32. The lowest BCUT2D eigenvalue weighted by atomic mass is 10.0. The molecular formula is C17H26N2O4S. The van der Waals surface area contributed by atoms with Crippen molar-refractivity contribution in [3.8, 4) is 0 Å². The fraction of sp³-hybridized carbons (Fsp3) is 0.647. The summed E-state index contributed by atoms with van der Waals surface area (Å²) in [6.45, 7) is 2.94. The van der Waals surface area contributed by atoms with Gasteiger partial charge < -0.3 is 19.7 Å². The lowest BCUT2D eigenvalue weighted by molar-refractivity contribution is -0.126. The molecule has 24 heavy (non-hydrogen) atoms. The summed E-state index contributed by atoms with van der Waals surface area (Å²) in [7, 11) is 1.64. The van der Waals surface area contributed by atoms with E-state index in [0.29, 0.717) is 37.8 Å². The number of ether oxygens (including phenoxy) is 2. The number of nitrogens with zero attached hydrogens (tertiary/aromatic N) is 1. The molecule has 6 nitrogen and oxygen atoms in total. The topological polar surface area (TPSA) is 67.9 Å². The van der Waals surface area contributed by atoms with Gasteiger partial charge in [-0.05, 0) is 37.1 Å². The highest BCUT2D eigenvalue weighted by atomic mass is 32.1. The van der Waals surface area contributed by atoms with Crippen LogP contribution in [0.25, 0.3) is 0 Å². The zero-order chi connectivity index (χ0) is 17.2. The molecule has 0 saturated carbocycles. The monoisotopic (exact) mass is 354 g/mol. The first-order chi connectivity index (χ1) is 11.7. The Labute approximate surface area is 147 Å². The largest absolute Gasteiger partial charge is 0.382 e. The Morgan fingerprint density at radius 1 is 1.33 bits per heavy atom. The second-order valence-electron chi connectivity index (χ2n) is 5.74. The number of methoxy groups -OCH3 is 1. The predicted octanol–water partition coefficient (Wildman–Crippen LogP) is 1.91. The Morgan fingerprint density at radius 3 is 2.96 bits per heavy atom. The average molecular weight is 354 g/mol. The van der Waals surface area contributed by atoms with Crippen molar-refractivity contribution in [3.63, 3.8) is 0 Å². The first-order valence-corrected chi connectivity index (χ1v) is 9.31. The van der Waals surface area contributed by atoms with Crippen LogP contribution in [0, 0.1) is 0 Å². The predicted molar refractivity (Wildman–Crippen MR) is 93.3 cm³/mol. The molecule has 2 rings (SSSR count). The number of amides is 2. The SMILES string of the molecule is COCCOCCCNC(=O)C1CCCCN1C(=O)c1cccs1. The van der Waals surface area contributed by atoms with Crippen LogP contribution in [0.1, 0.15) is 35.4 Å². The summed E-state index contributed by atoms with van der Waals surface area (Å²) in [6.07, 6.45) is 3.41. The van der Waals surface area contributed by atoms with Crippen LogP contribution in [0.2, 0.25) is 0 Å². The number of nitrogens with one attached hydrogen (secondary N) is 1. The van der Waals surface area contributed by atoms with E-state index in [0.717, 1.165) is 25.7 Å². The maximum Gasteiger partial charge on any atom is 0.264 e. The molecule has 1 aromatic heterocycles. The van der Waals surface area contributed by atoms with Crippen LogP contribution in [0.4, 0.5) is 0 Å². The Kier molecular flexibility index (Phi) is 8.21. The number of thiophene rings is 1. The van der Waals surface area contributed by atoms with Crippen molar-refractivity contribution >= 4 is 23.2 Å². The average Bonchev–Trinajstić information content (AvgIpc) is 3.15. The molecule has 1 aromatic rings. The summed E-state index contributed by atoms with van der Waals surface area (Å²) < 4.78 is 10.3. The molecule has 2 amide bonds. The molecule has 1 atom stereocenters. The third-order valence-corrected chi connectivity index (χ3v) is 4.85. The van der Waals surface area contributed by atoms with Crippen LogP contribution in [-0.4, -0.2) is 62.8 Å². The quantitative estimate of drug-likeness (QED) is 0.688. The van der Waals surface area contributed by atoms with E-state index >= 15 is 0 Å². The summed E-state index contributed by atoms with van der Waals surface area (Å²) in [5, 5.41) is 4.82. The van der Waals surface area contributed by atoms with Gasteiger partial charge in [-0.3, -0.25) is 9.59 Å². The van der Waals surface area contributed by atoms with Gasteiger partial charge >= 0.3 is 0 Å². The fourth-order valence-corrected chi connectivity index (χ4v) is 3.42. The van der Waals surface area contributed by atoms with Gasteiger partial charge in [-0.1, -0.05) is 6.07 Å². The first kappa shape index (κ1) is 18.9. The molecule has 1 aliphatic rings. The molecule has 1 N–H and O–H groups in total. The molecule has 1 fully saturated rings. The molecule has 0 radical (unpaired) electrons. The van der Waals surface area contributed by atoms with E-state index < -0.39 is 0 Å². The number of piperidine rings is 1. The number of hydrogen-bond donors (Lipinski definition) is 1. The van der Waals surface area contributed by atoms with Crippen LogP contribution in [0.15, 0.2) is 17.5 Å². The van der Waals surface area contributed by atoms with Gasteiger partial charge in [0.2, 0.25) is 5.91 Å². The molecule has 7 heteroatoms. The van der Waals surface area contributed by atoms with Crippen LogP contribution in [0.5, 0.6) is 0 Å². The summed E-state index contributed by atoms with van der Waals surface area (Å²) in [4.78, 5) is 27.4. The van der Waals surface area contributed by atoms with E-state index in [-0.39, 0.29) is 17.9 Å². The second kappa shape index (κ2) is 10.4. The van der Waals surface area contributed by atoms with Gasteiger partial charge in [-0.25, -0.2) is 0 Å². The highest BCUT2D eigenvalue weighted by molar-refractivity contribution is 7.12. The number of likely N-dealkylation sites (tertiary alicyclic amines) is 1. The summed E-state index contributed by atoms with van der Waals surface area (Å²) in [5.74, 6) is -0.0933. The van der Waals surface area contributed by atoms with Gasteiger partial charge in [0.1, 0.15) is 6.04 Å². The van der Waals surface area contributed by atoms with Crippen molar-refractivity contribution in [2.75, 3.05) is 40.0 Å². The van der Waals surface area contributed by atoms with Crippen molar-refractivity contribution < 1.29 is 19.1 Å². The minimum Gasteiger partial charge on any atom is -0.382 e. The third-order valence-electron chi connectivity index (χ3n) is 3.99. The van der Waals surface area contributed by atoms with Gasteiger partial charge in [0.15, 0.2) is 0 Å². The van der Waals surface area contributed by atoms with Crippen molar-refractivity contribution in [3.05, 3.63) is 22.4 Å². The normalized spacial score (nSPS) is 17.7. The van der Waals surface area contributed by atoms with E-state index in [1.807, 2.05) is 17.5 Å². The van der Waals surface area contributed by atoms with E-state index in [2.05, 4.69) is 5.32 Å². The minimum atomic E-state index is -0.359. The molecule has 0 spiro atoms. The molecule has 0 aliphatic carbocycles. The lowest BCUT2D eigenvalue weighted by Crippen LogP contribution is -2.52. The van der Waals surface area contributed by atoms with Crippen molar-refractivity contribution in [2.45, 2.75) is 31.7 Å². The van der Waals surface area contributed by atoms with Gasteiger partial charge in [0.25, 0.3) is 5.91 Å². The molecule has 134 valence electrons. The van der Waals surface area contributed by atoms with Crippen molar-refractivity contribution in [1.82, 2.24) is 10.2 Å². The second-order valence-corrected chi connectivity index (χ2v) is 6.68. The van der Waals surface area contributed by atoms with E-state index in [4.69, 9.17) is 9.47 Å². The van der Waals surface area contributed by atoms with Gasteiger partial charge in [-0.2, -0.15) is 0 Å². The van der Waals surface area contributed by atoms with Crippen molar-refractivity contribution in [1.29, 1.82) is 0 Å². The standard InChI is InChI=1S/C17H26N2O4S/c1-22-11-12-23-10-5-8-18-16(20)14-6-2-3-9-19(14)17(21)15-7-4-13-24-15/h4,7,13-14H,2-3,5-6,8-12H2,1H3,(H,18,20). The number of carbonyl (C=O) groups excluding carboxylic acids is 2. The summed E-state index contributed by atoms with van der Waals surface area (Å²) in [6, 6.07) is 3.32. The molecule has 0 aromatic carbocycles. The van der Waals surface area contributed by atoms with Crippen LogP contribution in [-0.2, 0) is 14.3 Å². The molecule has 1 saturated heterocycles.